The third-order valence-corrected chi connectivity index (χ3v) is 3.15. The number of aromatic nitrogens is 1. The van der Waals surface area contributed by atoms with E-state index in [-0.39, 0.29) is 11.9 Å². The Hall–Kier alpha value is -1.95. The largest absolute Gasteiger partial charge is 0.479 e. The van der Waals surface area contributed by atoms with Crippen LogP contribution in [0, 0.1) is 0 Å². The van der Waals surface area contributed by atoms with Gasteiger partial charge in [-0.1, -0.05) is 0 Å². The highest BCUT2D eigenvalue weighted by molar-refractivity contribution is 5.82. The Morgan fingerprint density at radius 3 is 2.58 bits per heavy atom. The van der Waals surface area contributed by atoms with Gasteiger partial charge in [-0.2, -0.15) is 0 Å². The molecule has 0 bridgehead atoms. The molecule has 0 aliphatic carbocycles. The summed E-state index contributed by atoms with van der Waals surface area (Å²) < 4.78 is 5.20. The summed E-state index contributed by atoms with van der Waals surface area (Å²) in [6, 6.07) is 3.48. The van der Waals surface area contributed by atoms with E-state index in [1.807, 2.05) is 19.1 Å². The summed E-state index contributed by atoms with van der Waals surface area (Å²) in [6.07, 6.45) is 2.58. The maximum absolute atomic E-state index is 12.0. The van der Waals surface area contributed by atoms with Crippen molar-refractivity contribution in [2.75, 3.05) is 0 Å². The molecule has 19 heavy (non-hydrogen) atoms. The van der Waals surface area contributed by atoms with Crippen molar-refractivity contribution in [2.24, 2.45) is 0 Å². The summed E-state index contributed by atoms with van der Waals surface area (Å²) in [4.78, 5) is 26.6. The molecule has 0 unspecified atom stereocenters. The molecule has 0 radical (unpaired) electrons. The predicted molar refractivity (Wildman–Crippen MR) is 66.3 cm³/mol. The zero-order valence-corrected chi connectivity index (χ0v) is 10.6. The molecule has 1 aliphatic heterocycles. The number of hydrogen-bond acceptors (Lipinski definition) is 4. The fourth-order valence-corrected chi connectivity index (χ4v) is 2.05. The molecule has 0 aromatic carbocycles. The van der Waals surface area contributed by atoms with Gasteiger partial charge in [-0.3, -0.25) is 9.78 Å². The number of nitrogens with zero attached hydrogens (tertiary/aromatic N) is 1. The standard InChI is InChI=1S/C13H16N2O4/c1-8(9-4-6-14-7-5-9)15-12(16)10-2-3-11(19-10)13(17)18/h4-8,10-11H,2-3H2,1H3,(H,15,16)(H,17,18)/t8-,10-,11+/m0/s1. The maximum Gasteiger partial charge on any atom is 0.332 e. The van der Waals surface area contributed by atoms with Crippen LogP contribution in [0.2, 0.25) is 0 Å². The number of carbonyl (C=O) groups excluding carboxylic acids is 1. The molecule has 1 saturated heterocycles. The number of amides is 1. The summed E-state index contributed by atoms with van der Waals surface area (Å²) in [5, 5.41) is 11.6. The molecule has 102 valence electrons. The number of ether oxygens (including phenoxy) is 1. The quantitative estimate of drug-likeness (QED) is 0.843. The van der Waals surface area contributed by atoms with Gasteiger partial charge in [0.05, 0.1) is 6.04 Å². The summed E-state index contributed by atoms with van der Waals surface area (Å²) in [7, 11) is 0. The molecule has 1 aromatic rings. The molecule has 1 aromatic heterocycles. The first-order valence-electron chi connectivity index (χ1n) is 6.16. The van der Waals surface area contributed by atoms with Crippen LogP contribution in [0.5, 0.6) is 0 Å². The average molecular weight is 264 g/mol. The molecule has 6 heteroatoms. The Kier molecular flexibility index (Phi) is 4.11. The maximum atomic E-state index is 12.0. The van der Waals surface area contributed by atoms with Gasteiger partial charge in [0.25, 0.3) is 0 Å². The van der Waals surface area contributed by atoms with Gasteiger partial charge >= 0.3 is 5.97 Å². The molecule has 6 nitrogen and oxygen atoms in total. The van der Waals surface area contributed by atoms with Crippen LogP contribution in [0.1, 0.15) is 31.4 Å². The van der Waals surface area contributed by atoms with E-state index in [0.717, 1.165) is 5.56 Å². The first kappa shape index (κ1) is 13.5. The SMILES string of the molecule is C[C@H](NC(=O)[C@@H]1CC[C@H](C(=O)O)O1)c1ccncc1. The average Bonchev–Trinajstić information content (AvgIpc) is 2.89. The summed E-state index contributed by atoms with van der Waals surface area (Å²) >= 11 is 0. The summed E-state index contributed by atoms with van der Waals surface area (Å²) in [5.41, 5.74) is 0.941. The lowest BCUT2D eigenvalue weighted by Crippen LogP contribution is -2.37. The fraction of sp³-hybridized carbons (Fsp3) is 0.462. The van der Waals surface area contributed by atoms with Gasteiger partial charge in [0.15, 0.2) is 6.10 Å². The zero-order chi connectivity index (χ0) is 13.8. The van der Waals surface area contributed by atoms with Crippen molar-refractivity contribution in [1.29, 1.82) is 0 Å². The van der Waals surface area contributed by atoms with Gasteiger partial charge in [-0.15, -0.1) is 0 Å². The van der Waals surface area contributed by atoms with E-state index in [0.29, 0.717) is 12.8 Å². The Morgan fingerprint density at radius 2 is 2.00 bits per heavy atom. The van der Waals surface area contributed by atoms with Gasteiger partial charge in [0.2, 0.25) is 5.91 Å². The number of carboxylic acid groups (broad SMARTS) is 1. The van der Waals surface area contributed by atoms with E-state index in [1.165, 1.54) is 0 Å². The Labute approximate surface area is 110 Å². The lowest BCUT2D eigenvalue weighted by molar-refractivity contribution is -0.151. The monoisotopic (exact) mass is 264 g/mol. The van der Waals surface area contributed by atoms with Crippen molar-refractivity contribution < 1.29 is 19.4 Å². The number of nitrogens with one attached hydrogen (secondary N) is 1. The van der Waals surface area contributed by atoms with Crippen molar-refractivity contribution in [3.63, 3.8) is 0 Å². The van der Waals surface area contributed by atoms with Crippen LogP contribution in [0.15, 0.2) is 24.5 Å². The van der Waals surface area contributed by atoms with E-state index in [1.54, 1.807) is 12.4 Å². The Bertz CT molecular complexity index is 463. The second-order valence-electron chi connectivity index (χ2n) is 4.54. The zero-order valence-electron chi connectivity index (χ0n) is 10.6. The van der Waals surface area contributed by atoms with Crippen LogP contribution in [0.3, 0.4) is 0 Å². The predicted octanol–water partition coefficient (Wildman–Crippen LogP) is 0.891. The van der Waals surface area contributed by atoms with Crippen LogP contribution in [0.25, 0.3) is 0 Å². The molecular formula is C13H16N2O4. The van der Waals surface area contributed by atoms with Crippen LogP contribution >= 0.6 is 0 Å². The van der Waals surface area contributed by atoms with E-state index in [9.17, 15) is 9.59 Å². The number of carbonyl (C=O) groups is 2. The first-order valence-corrected chi connectivity index (χ1v) is 6.16. The molecule has 3 atom stereocenters. The molecule has 0 spiro atoms. The molecule has 0 saturated carbocycles. The topological polar surface area (TPSA) is 88.5 Å². The molecule has 1 amide bonds. The van der Waals surface area contributed by atoms with E-state index >= 15 is 0 Å². The number of pyridine rings is 1. The van der Waals surface area contributed by atoms with Gasteiger partial charge < -0.3 is 15.2 Å². The van der Waals surface area contributed by atoms with Gasteiger partial charge in [0, 0.05) is 12.4 Å². The second kappa shape index (κ2) is 5.79. The smallest absolute Gasteiger partial charge is 0.332 e. The Morgan fingerprint density at radius 1 is 1.37 bits per heavy atom. The van der Waals surface area contributed by atoms with Crippen LogP contribution in [-0.4, -0.2) is 34.2 Å². The first-order chi connectivity index (χ1) is 9.08. The van der Waals surface area contributed by atoms with Crippen molar-refractivity contribution in [3.05, 3.63) is 30.1 Å². The molecule has 2 heterocycles. The van der Waals surface area contributed by atoms with Crippen LogP contribution < -0.4 is 5.32 Å². The minimum absolute atomic E-state index is 0.164. The van der Waals surface area contributed by atoms with Crippen LogP contribution in [0.4, 0.5) is 0 Å². The van der Waals surface area contributed by atoms with Crippen molar-refractivity contribution in [1.82, 2.24) is 10.3 Å². The van der Waals surface area contributed by atoms with Crippen molar-refractivity contribution >= 4 is 11.9 Å². The summed E-state index contributed by atoms with van der Waals surface area (Å²) in [6.45, 7) is 1.86. The third kappa shape index (κ3) is 3.29. The molecule has 1 fully saturated rings. The second-order valence-corrected chi connectivity index (χ2v) is 4.54. The highest BCUT2D eigenvalue weighted by atomic mass is 16.5. The summed E-state index contributed by atoms with van der Waals surface area (Å²) in [5.74, 6) is -1.29. The third-order valence-electron chi connectivity index (χ3n) is 3.15. The normalized spacial score (nSPS) is 23.8. The lowest BCUT2D eigenvalue weighted by Gasteiger charge is -2.17. The van der Waals surface area contributed by atoms with Crippen molar-refractivity contribution in [2.45, 2.75) is 38.0 Å². The number of rotatable bonds is 4. The fourth-order valence-electron chi connectivity index (χ4n) is 2.05. The molecular weight excluding hydrogens is 248 g/mol. The van der Waals surface area contributed by atoms with E-state index in [2.05, 4.69) is 10.3 Å². The Balaban J connectivity index is 1.90. The minimum Gasteiger partial charge on any atom is -0.479 e. The number of aliphatic carboxylic acids is 1. The van der Waals surface area contributed by atoms with Gasteiger partial charge in [-0.25, -0.2) is 4.79 Å². The molecule has 2 N–H and O–H groups in total. The highest BCUT2D eigenvalue weighted by Crippen LogP contribution is 2.21. The van der Waals surface area contributed by atoms with Gasteiger partial charge in [-0.05, 0) is 37.5 Å². The van der Waals surface area contributed by atoms with E-state index in [4.69, 9.17) is 9.84 Å². The van der Waals surface area contributed by atoms with Crippen molar-refractivity contribution in [3.8, 4) is 0 Å². The van der Waals surface area contributed by atoms with Crippen LogP contribution in [-0.2, 0) is 14.3 Å². The van der Waals surface area contributed by atoms with Gasteiger partial charge in [0.1, 0.15) is 6.10 Å². The lowest BCUT2D eigenvalue weighted by atomic mass is 10.1. The van der Waals surface area contributed by atoms with E-state index < -0.39 is 18.2 Å². The number of hydrogen-bond donors (Lipinski definition) is 2. The highest BCUT2D eigenvalue weighted by Gasteiger charge is 2.35. The number of carboxylic acids is 1. The molecule has 2 rings (SSSR count). The molecule has 1 aliphatic rings. The minimum atomic E-state index is -1.02.